The summed E-state index contributed by atoms with van der Waals surface area (Å²) in [5.74, 6) is -2.55. The lowest BCUT2D eigenvalue weighted by molar-refractivity contribution is -0.149. The molecule has 9 heteroatoms. The van der Waals surface area contributed by atoms with Crippen molar-refractivity contribution in [1.29, 1.82) is 5.41 Å². The van der Waals surface area contributed by atoms with E-state index < -0.39 is 23.2 Å². The van der Waals surface area contributed by atoms with Gasteiger partial charge in [0.15, 0.2) is 5.78 Å². The fraction of sp³-hybridized carbons (Fsp3) is 0.273. The fourth-order valence-corrected chi connectivity index (χ4v) is 3.57. The average molecular weight is 421 g/mol. The number of hydrogen-bond acceptors (Lipinski definition) is 6. The number of carbonyl (C=O) groups is 3. The maximum Gasteiger partial charge on any atom is 0.310 e. The Morgan fingerprint density at radius 3 is 2.52 bits per heavy atom. The SMILES string of the molecule is CC[C@@](C)(C(=O)O)[C@H]1C=CN=NC2=C1C(=O)CC(NC(=O)c1ccc(C(=N)N)cc1)=C2. The van der Waals surface area contributed by atoms with Gasteiger partial charge in [-0.2, -0.15) is 10.2 Å². The molecule has 1 aromatic rings. The van der Waals surface area contributed by atoms with E-state index in [1.807, 2.05) is 0 Å². The normalized spacial score (nSPS) is 19.7. The first-order valence-corrected chi connectivity index (χ1v) is 9.72. The number of ketones is 1. The van der Waals surface area contributed by atoms with Gasteiger partial charge in [-0.15, -0.1) is 0 Å². The fourth-order valence-electron chi connectivity index (χ4n) is 3.57. The number of hydrogen-bond donors (Lipinski definition) is 4. The Balaban J connectivity index is 1.92. The van der Waals surface area contributed by atoms with Crippen molar-refractivity contribution < 1.29 is 19.5 Å². The minimum Gasteiger partial charge on any atom is -0.481 e. The molecule has 0 spiro atoms. The zero-order valence-corrected chi connectivity index (χ0v) is 17.2. The van der Waals surface area contributed by atoms with Crippen LogP contribution >= 0.6 is 0 Å². The maximum absolute atomic E-state index is 13.0. The minimum atomic E-state index is -1.20. The predicted octanol–water partition coefficient (Wildman–Crippen LogP) is 2.91. The quantitative estimate of drug-likeness (QED) is 0.410. The molecule has 0 unspecified atom stereocenters. The Morgan fingerprint density at radius 1 is 1.29 bits per heavy atom. The molecule has 1 aliphatic carbocycles. The molecule has 0 fully saturated rings. The van der Waals surface area contributed by atoms with Gasteiger partial charge in [0, 0.05) is 34.5 Å². The van der Waals surface area contributed by atoms with Crippen LogP contribution in [0.25, 0.3) is 0 Å². The van der Waals surface area contributed by atoms with Gasteiger partial charge in [0.2, 0.25) is 0 Å². The number of carboxylic acid groups (broad SMARTS) is 1. The maximum atomic E-state index is 13.0. The zero-order valence-electron chi connectivity index (χ0n) is 17.2. The van der Waals surface area contributed by atoms with Crippen molar-refractivity contribution in [2.75, 3.05) is 0 Å². The van der Waals surface area contributed by atoms with Crippen LogP contribution in [0.15, 0.2) is 69.8 Å². The number of amides is 1. The van der Waals surface area contributed by atoms with Gasteiger partial charge in [0.1, 0.15) is 5.84 Å². The molecule has 0 saturated carbocycles. The predicted molar refractivity (Wildman–Crippen MR) is 113 cm³/mol. The number of nitrogens with zero attached hydrogens (tertiary/aromatic N) is 2. The third-order valence-corrected chi connectivity index (χ3v) is 5.70. The number of Topliss-reactive ketones (excluding diaryl/α,β-unsaturated/α-hetero) is 1. The lowest BCUT2D eigenvalue weighted by Crippen LogP contribution is -2.38. The summed E-state index contributed by atoms with van der Waals surface area (Å²) in [6, 6.07) is 6.19. The molecule has 1 aliphatic heterocycles. The lowest BCUT2D eigenvalue weighted by atomic mass is 9.69. The van der Waals surface area contributed by atoms with Crippen molar-refractivity contribution in [2.45, 2.75) is 26.7 Å². The topological polar surface area (TPSA) is 158 Å². The number of azo groups is 1. The molecule has 160 valence electrons. The third kappa shape index (κ3) is 4.20. The number of carboxylic acids is 1. The van der Waals surface area contributed by atoms with Crippen molar-refractivity contribution in [3.8, 4) is 0 Å². The average Bonchev–Trinajstić information content (AvgIpc) is 2.96. The smallest absolute Gasteiger partial charge is 0.310 e. The Labute approximate surface area is 178 Å². The summed E-state index contributed by atoms with van der Waals surface area (Å²) < 4.78 is 0. The Hall–Kier alpha value is -3.88. The number of benzene rings is 1. The summed E-state index contributed by atoms with van der Waals surface area (Å²) in [5.41, 5.74) is 5.93. The Kier molecular flexibility index (Phi) is 5.96. The number of rotatable bonds is 6. The van der Waals surface area contributed by atoms with Crippen molar-refractivity contribution in [3.63, 3.8) is 0 Å². The second-order valence-corrected chi connectivity index (χ2v) is 7.62. The summed E-state index contributed by atoms with van der Waals surface area (Å²) in [4.78, 5) is 37.5. The van der Waals surface area contributed by atoms with E-state index in [0.717, 1.165) is 0 Å². The standard InChI is InChI=1S/C22H23N5O4/c1-3-22(2,21(30)31)15-8-9-25-27-16-10-14(11-17(28)18(15)16)26-20(29)13-6-4-12(5-7-13)19(23)24/h4-10,15H,3,11H2,1-2H3,(H3,23,24)(H,26,29)(H,30,31)/t15-,22+/m0/s1. The van der Waals surface area contributed by atoms with Crippen molar-refractivity contribution in [1.82, 2.24) is 5.32 Å². The van der Waals surface area contributed by atoms with Crippen LogP contribution in [0, 0.1) is 16.7 Å². The van der Waals surface area contributed by atoms with E-state index in [1.54, 1.807) is 38.1 Å². The van der Waals surface area contributed by atoms with Crippen LogP contribution in [-0.2, 0) is 9.59 Å². The molecule has 0 saturated heterocycles. The van der Waals surface area contributed by atoms with Crippen LogP contribution in [0.2, 0.25) is 0 Å². The van der Waals surface area contributed by atoms with E-state index >= 15 is 0 Å². The van der Waals surface area contributed by atoms with Gasteiger partial charge in [-0.05, 0) is 31.6 Å². The van der Waals surface area contributed by atoms with Crippen LogP contribution in [-0.4, -0.2) is 28.6 Å². The van der Waals surface area contributed by atoms with Gasteiger partial charge in [-0.25, -0.2) is 0 Å². The number of nitrogen functional groups attached to an aromatic ring is 1. The summed E-state index contributed by atoms with van der Waals surface area (Å²) in [5, 5.41) is 27.8. The molecule has 2 atom stereocenters. The molecule has 2 aliphatic rings. The number of allylic oxidation sites excluding steroid dienone is 4. The van der Waals surface area contributed by atoms with Crippen LogP contribution in [0.3, 0.4) is 0 Å². The second kappa shape index (κ2) is 8.47. The summed E-state index contributed by atoms with van der Waals surface area (Å²) in [6.45, 7) is 3.35. The minimum absolute atomic E-state index is 0.0879. The van der Waals surface area contributed by atoms with Gasteiger partial charge in [0.05, 0.1) is 17.5 Å². The van der Waals surface area contributed by atoms with Gasteiger partial charge in [-0.1, -0.05) is 25.1 Å². The monoisotopic (exact) mass is 421 g/mol. The first-order valence-electron chi connectivity index (χ1n) is 9.72. The molecule has 1 heterocycles. The first kappa shape index (κ1) is 21.8. The van der Waals surface area contributed by atoms with Gasteiger partial charge < -0.3 is 16.2 Å². The number of carbonyl (C=O) groups excluding carboxylic acids is 2. The van der Waals surface area contributed by atoms with Crippen LogP contribution in [0.4, 0.5) is 0 Å². The molecule has 0 bridgehead atoms. The number of aliphatic carboxylic acids is 1. The molecule has 1 amide bonds. The van der Waals surface area contributed by atoms with Crippen LogP contribution < -0.4 is 11.1 Å². The van der Waals surface area contributed by atoms with E-state index in [9.17, 15) is 19.5 Å². The largest absolute Gasteiger partial charge is 0.481 e. The lowest BCUT2D eigenvalue weighted by Gasteiger charge is -2.33. The first-order chi connectivity index (χ1) is 14.7. The van der Waals surface area contributed by atoms with Gasteiger partial charge in [-0.3, -0.25) is 19.8 Å². The van der Waals surface area contributed by atoms with Gasteiger partial charge >= 0.3 is 5.97 Å². The zero-order chi connectivity index (χ0) is 22.8. The summed E-state index contributed by atoms with van der Waals surface area (Å²) >= 11 is 0. The molecular formula is C22H23N5O4. The van der Waals surface area contributed by atoms with E-state index in [0.29, 0.717) is 23.2 Å². The van der Waals surface area contributed by atoms with Crippen molar-refractivity contribution in [2.24, 2.45) is 27.3 Å². The molecule has 0 radical (unpaired) electrons. The van der Waals surface area contributed by atoms with E-state index in [1.165, 1.54) is 18.3 Å². The van der Waals surface area contributed by atoms with Crippen LogP contribution in [0.1, 0.15) is 42.6 Å². The molecule has 0 aromatic heterocycles. The van der Waals surface area contributed by atoms with Gasteiger partial charge in [0.25, 0.3) is 5.91 Å². The van der Waals surface area contributed by atoms with Crippen molar-refractivity contribution >= 4 is 23.5 Å². The molecule has 5 N–H and O–H groups in total. The Bertz CT molecular complexity index is 1080. The van der Waals surface area contributed by atoms with E-state index in [-0.39, 0.29) is 29.3 Å². The highest BCUT2D eigenvalue weighted by atomic mass is 16.4. The molecule has 31 heavy (non-hydrogen) atoms. The number of nitrogens with two attached hydrogens (primary N) is 1. The highest BCUT2D eigenvalue weighted by Crippen LogP contribution is 2.42. The highest BCUT2D eigenvalue weighted by Gasteiger charge is 2.44. The van der Waals surface area contributed by atoms with Crippen molar-refractivity contribution in [3.05, 3.63) is 70.7 Å². The number of nitrogens with one attached hydrogen (secondary N) is 2. The summed E-state index contributed by atoms with van der Waals surface area (Å²) in [6.07, 6.45) is 4.77. The van der Waals surface area contributed by atoms with E-state index in [2.05, 4.69) is 15.5 Å². The molecule has 1 aromatic carbocycles. The molecule has 3 rings (SSSR count). The second-order valence-electron chi connectivity index (χ2n) is 7.62. The highest BCUT2D eigenvalue weighted by molar-refractivity contribution is 6.03. The number of amidine groups is 1. The Morgan fingerprint density at radius 2 is 1.94 bits per heavy atom. The molecular weight excluding hydrogens is 398 g/mol. The summed E-state index contributed by atoms with van der Waals surface area (Å²) in [7, 11) is 0. The van der Waals surface area contributed by atoms with Crippen LogP contribution in [0.5, 0.6) is 0 Å². The third-order valence-electron chi connectivity index (χ3n) is 5.70. The molecule has 9 nitrogen and oxygen atoms in total. The van der Waals surface area contributed by atoms with E-state index in [4.69, 9.17) is 11.1 Å².